The van der Waals surface area contributed by atoms with E-state index in [1.165, 1.54) is 4.57 Å². The number of aryl methyl sites for hydroxylation is 2. The summed E-state index contributed by atoms with van der Waals surface area (Å²) >= 11 is 0. The van der Waals surface area contributed by atoms with E-state index in [0.29, 0.717) is 11.3 Å². The zero-order valence-electron chi connectivity index (χ0n) is 11.3. The zero-order chi connectivity index (χ0) is 14.3. The summed E-state index contributed by atoms with van der Waals surface area (Å²) in [5.41, 5.74) is 3.50. The monoisotopic (exact) mass is 269 g/mol. The molecule has 0 bridgehead atoms. The van der Waals surface area contributed by atoms with Crippen LogP contribution in [0.5, 0.6) is 5.75 Å². The Hall–Kier alpha value is -2.56. The first-order chi connectivity index (χ1) is 9.63. The third-order valence-corrected chi connectivity index (χ3v) is 3.57. The molecule has 5 nitrogen and oxygen atoms in total. The number of aromatic nitrogens is 3. The molecule has 1 aromatic carbocycles. The lowest BCUT2D eigenvalue weighted by atomic mass is 10.1. The van der Waals surface area contributed by atoms with Crippen LogP contribution in [0.15, 0.2) is 35.3 Å². The van der Waals surface area contributed by atoms with Crippen LogP contribution in [0.25, 0.3) is 16.9 Å². The molecule has 0 saturated heterocycles. The minimum atomic E-state index is -0.301. The van der Waals surface area contributed by atoms with Crippen molar-refractivity contribution >= 4 is 11.2 Å². The van der Waals surface area contributed by atoms with E-state index < -0.39 is 0 Å². The number of phenolic OH excluding ortho intramolecular Hbond substituents is 1. The maximum Gasteiger partial charge on any atom is 0.332 e. The number of hydrogen-bond donors (Lipinski definition) is 2. The molecule has 0 aliphatic heterocycles. The van der Waals surface area contributed by atoms with Crippen molar-refractivity contribution in [1.29, 1.82) is 0 Å². The number of phenols is 1. The van der Waals surface area contributed by atoms with Crippen LogP contribution in [0.4, 0.5) is 0 Å². The number of nitrogens with one attached hydrogen (secondary N) is 1. The van der Waals surface area contributed by atoms with E-state index in [4.69, 9.17) is 0 Å². The standard InChI is InChI=1S/C15H15N3O2/c1-3-10-8-16-14-13(9(10)2)17-15(20)18(14)11-6-4-5-7-12(11)19/h4-8,19H,3H2,1-2H3,(H,17,20). The Morgan fingerprint density at radius 1 is 1.35 bits per heavy atom. The molecule has 20 heavy (non-hydrogen) atoms. The number of hydrogen-bond acceptors (Lipinski definition) is 3. The summed E-state index contributed by atoms with van der Waals surface area (Å²) in [7, 11) is 0. The van der Waals surface area contributed by atoms with Gasteiger partial charge < -0.3 is 10.1 Å². The highest BCUT2D eigenvalue weighted by molar-refractivity contribution is 5.78. The smallest absolute Gasteiger partial charge is 0.332 e. The van der Waals surface area contributed by atoms with E-state index in [1.807, 2.05) is 13.8 Å². The van der Waals surface area contributed by atoms with Gasteiger partial charge in [-0.1, -0.05) is 19.1 Å². The Balaban J connectivity index is 2.39. The van der Waals surface area contributed by atoms with Crippen molar-refractivity contribution in [2.24, 2.45) is 0 Å². The molecule has 2 N–H and O–H groups in total. The van der Waals surface area contributed by atoms with Crippen LogP contribution < -0.4 is 5.69 Å². The van der Waals surface area contributed by atoms with Gasteiger partial charge in [0.15, 0.2) is 5.65 Å². The van der Waals surface area contributed by atoms with Crippen LogP contribution >= 0.6 is 0 Å². The van der Waals surface area contributed by atoms with Crippen molar-refractivity contribution in [2.75, 3.05) is 0 Å². The molecule has 3 aromatic rings. The second-order valence-corrected chi connectivity index (χ2v) is 4.71. The third-order valence-electron chi connectivity index (χ3n) is 3.57. The summed E-state index contributed by atoms with van der Waals surface area (Å²) in [5.74, 6) is 0.0505. The maximum absolute atomic E-state index is 12.2. The number of rotatable bonds is 2. The highest BCUT2D eigenvalue weighted by atomic mass is 16.3. The van der Waals surface area contributed by atoms with Gasteiger partial charge in [0, 0.05) is 6.20 Å². The zero-order valence-corrected chi connectivity index (χ0v) is 11.3. The topological polar surface area (TPSA) is 70.9 Å². The van der Waals surface area contributed by atoms with Gasteiger partial charge in [-0.2, -0.15) is 0 Å². The Morgan fingerprint density at radius 2 is 2.10 bits per heavy atom. The normalized spacial score (nSPS) is 11.1. The van der Waals surface area contributed by atoms with E-state index in [0.717, 1.165) is 23.1 Å². The Bertz CT molecular complexity index is 846. The number of pyridine rings is 1. The predicted octanol–water partition coefficient (Wildman–Crippen LogP) is 2.29. The fourth-order valence-electron chi connectivity index (χ4n) is 2.44. The minimum absolute atomic E-state index is 0.0505. The number of H-pyrrole nitrogens is 1. The van der Waals surface area contributed by atoms with Gasteiger partial charge in [-0.25, -0.2) is 14.3 Å². The second kappa shape index (κ2) is 4.52. The van der Waals surface area contributed by atoms with Gasteiger partial charge in [0.2, 0.25) is 0 Å². The summed E-state index contributed by atoms with van der Waals surface area (Å²) < 4.78 is 1.40. The minimum Gasteiger partial charge on any atom is -0.506 e. The van der Waals surface area contributed by atoms with Crippen LogP contribution in [-0.4, -0.2) is 19.6 Å². The van der Waals surface area contributed by atoms with Crippen molar-refractivity contribution in [3.63, 3.8) is 0 Å². The van der Waals surface area contributed by atoms with Crippen molar-refractivity contribution in [1.82, 2.24) is 14.5 Å². The first kappa shape index (κ1) is 12.5. The highest BCUT2D eigenvalue weighted by Crippen LogP contribution is 2.24. The number of benzene rings is 1. The molecule has 2 aromatic heterocycles. The average molecular weight is 269 g/mol. The Labute approximate surface area is 115 Å². The number of para-hydroxylation sites is 2. The first-order valence-electron chi connectivity index (χ1n) is 6.51. The van der Waals surface area contributed by atoms with E-state index in [2.05, 4.69) is 9.97 Å². The quantitative estimate of drug-likeness (QED) is 0.749. The molecule has 5 heteroatoms. The summed E-state index contributed by atoms with van der Waals surface area (Å²) in [4.78, 5) is 19.4. The average Bonchev–Trinajstić information content (AvgIpc) is 2.77. The molecule has 0 fully saturated rings. The van der Waals surface area contributed by atoms with Gasteiger partial charge in [-0.05, 0) is 36.6 Å². The molecule has 2 heterocycles. The van der Waals surface area contributed by atoms with E-state index in [1.54, 1.807) is 30.5 Å². The molecule has 0 atom stereocenters. The summed E-state index contributed by atoms with van der Waals surface area (Å²) in [5, 5.41) is 9.93. The Morgan fingerprint density at radius 3 is 2.80 bits per heavy atom. The number of nitrogens with zero attached hydrogens (tertiary/aromatic N) is 2. The van der Waals surface area contributed by atoms with Gasteiger partial charge in [0.1, 0.15) is 5.75 Å². The largest absolute Gasteiger partial charge is 0.506 e. The van der Waals surface area contributed by atoms with Gasteiger partial charge in [0.05, 0.1) is 11.2 Å². The number of fused-ring (bicyclic) bond motifs is 1. The first-order valence-corrected chi connectivity index (χ1v) is 6.51. The van der Waals surface area contributed by atoms with E-state index in [-0.39, 0.29) is 11.4 Å². The number of aromatic hydroxyl groups is 1. The lowest BCUT2D eigenvalue weighted by Gasteiger charge is -2.06. The molecule has 0 radical (unpaired) electrons. The van der Waals surface area contributed by atoms with Crippen molar-refractivity contribution < 1.29 is 5.11 Å². The molecule has 0 saturated carbocycles. The lowest BCUT2D eigenvalue weighted by molar-refractivity contribution is 0.472. The Kier molecular flexibility index (Phi) is 2.82. The molecule has 102 valence electrons. The van der Waals surface area contributed by atoms with E-state index in [9.17, 15) is 9.90 Å². The van der Waals surface area contributed by atoms with Crippen molar-refractivity contribution in [2.45, 2.75) is 20.3 Å². The summed E-state index contributed by atoms with van der Waals surface area (Å²) in [6, 6.07) is 6.73. The molecular formula is C15H15N3O2. The third kappa shape index (κ3) is 1.71. The van der Waals surface area contributed by atoms with E-state index >= 15 is 0 Å². The lowest BCUT2D eigenvalue weighted by Crippen LogP contribution is -2.14. The van der Waals surface area contributed by atoms with Crippen LogP contribution in [0.2, 0.25) is 0 Å². The van der Waals surface area contributed by atoms with Gasteiger partial charge in [-0.15, -0.1) is 0 Å². The molecular weight excluding hydrogens is 254 g/mol. The molecule has 0 amide bonds. The van der Waals surface area contributed by atoms with Crippen LogP contribution in [0.3, 0.4) is 0 Å². The predicted molar refractivity (Wildman–Crippen MR) is 77.5 cm³/mol. The fourth-order valence-corrected chi connectivity index (χ4v) is 2.44. The summed E-state index contributed by atoms with van der Waals surface area (Å²) in [6.45, 7) is 4.02. The van der Waals surface area contributed by atoms with Gasteiger partial charge in [0.25, 0.3) is 0 Å². The highest BCUT2D eigenvalue weighted by Gasteiger charge is 2.15. The van der Waals surface area contributed by atoms with Crippen molar-refractivity contribution in [3.8, 4) is 11.4 Å². The maximum atomic E-state index is 12.2. The van der Waals surface area contributed by atoms with Crippen molar-refractivity contribution in [3.05, 3.63) is 52.1 Å². The van der Waals surface area contributed by atoms with Gasteiger partial charge >= 0.3 is 5.69 Å². The molecule has 0 aliphatic rings. The van der Waals surface area contributed by atoms with Crippen LogP contribution in [0, 0.1) is 6.92 Å². The molecule has 0 aliphatic carbocycles. The summed E-state index contributed by atoms with van der Waals surface area (Å²) in [6.07, 6.45) is 2.64. The van der Waals surface area contributed by atoms with Gasteiger partial charge in [-0.3, -0.25) is 0 Å². The molecule has 3 rings (SSSR count). The van der Waals surface area contributed by atoms with Crippen LogP contribution in [-0.2, 0) is 6.42 Å². The SMILES string of the molecule is CCc1cnc2c([nH]c(=O)n2-c2ccccc2O)c1C. The molecule has 0 unspecified atom stereocenters. The van der Waals surface area contributed by atoms with Crippen LogP contribution in [0.1, 0.15) is 18.1 Å². The number of aromatic amines is 1. The second-order valence-electron chi connectivity index (χ2n) is 4.71. The fraction of sp³-hybridized carbons (Fsp3) is 0.200. The number of imidazole rings is 1. The molecule has 0 spiro atoms.